The largest absolute Gasteiger partial charge is 0.384 e. The standard InChI is InChI=1S/C33H31BrClN3OS/c1-19-13-21(18-40-23-11-9-22(35)10-12-23)20(2)24(14-19)30-25(17-36)32(37)38(27-8-6-5-7-26(27)34)28-15-33(3,4)16-29(39)31(28)30/h5-14,30H,15-16,18,37H2,1-4H3. The number of thioether (sulfide) groups is 1. The van der Waals surface area contributed by atoms with E-state index >= 15 is 0 Å². The second-order valence-corrected chi connectivity index (χ2v) is 13.7. The molecule has 2 aliphatic rings. The number of ketones is 1. The van der Waals surface area contributed by atoms with Gasteiger partial charge in [-0.1, -0.05) is 55.3 Å². The Kier molecular flexibility index (Phi) is 7.94. The normalized spacial score (nSPS) is 18.6. The molecule has 1 aliphatic heterocycles. The molecule has 7 heteroatoms. The summed E-state index contributed by atoms with van der Waals surface area (Å²) in [7, 11) is 0. The van der Waals surface area contributed by atoms with Crippen molar-refractivity contribution >= 4 is 50.8 Å². The first kappa shape index (κ1) is 28.5. The molecule has 40 heavy (non-hydrogen) atoms. The fourth-order valence-corrected chi connectivity index (χ4v) is 7.37. The Morgan fingerprint density at radius 1 is 1.12 bits per heavy atom. The van der Waals surface area contributed by atoms with Crippen LogP contribution in [0.4, 0.5) is 5.69 Å². The molecule has 4 nitrogen and oxygen atoms in total. The molecule has 1 heterocycles. The third kappa shape index (κ3) is 5.35. The molecule has 0 spiro atoms. The molecule has 1 unspecified atom stereocenters. The number of nitrogens with two attached hydrogens (primary N) is 1. The van der Waals surface area contributed by atoms with E-state index in [1.807, 2.05) is 53.4 Å². The number of hydrogen-bond donors (Lipinski definition) is 1. The van der Waals surface area contributed by atoms with E-state index in [-0.39, 0.29) is 11.2 Å². The van der Waals surface area contributed by atoms with Gasteiger partial charge in [0.1, 0.15) is 5.82 Å². The highest BCUT2D eigenvalue weighted by molar-refractivity contribution is 9.10. The van der Waals surface area contributed by atoms with Crippen LogP contribution in [-0.4, -0.2) is 5.78 Å². The van der Waals surface area contributed by atoms with E-state index in [0.717, 1.165) is 43.2 Å². The van der Waals surface area contributed by atoms with E-state index in [1.54, 1.807) is 11.8 Å². The lowest BCUT2D eigenvalue weighted by molar-refractivity contribution is -0.118. The molecule has 1 atom stereocenters. The van der Waals surface area contributed by atoms with Crippen LogP contribution in [0.2, 0.25) is 5.02 Å². The number of anilines is 1. The van der Waals surface area contributed by atoms with E-state index in [4.69, 9.17) is 17.3 Å². The van der Waals surface area contributed by atoms with Gasteiger partial charge in [0.25, 0.3) is 0 Å². The molecular weight excluding hydrogens is 602 g/mol. The Morgan fingerprint density at radius 3 is 2.50 bits per heavy atom. The summed E-state index contributed by atoms with van der Waals surface area (Å²) in [5.74, 6) is 0.695. The van der Waals surface area contributed by atoms with Crippen molar-refractivity contribution in [3.8, 4) is 6.07 Å². The Bertz CT molecular complexity index is 1620. The summed E-state index contributed by atoms with van der Waals surface area (Å²) in [5.41, 5.74) is 13.8. The smallest absolute Gasteiger partial charge is 0.162 e. The van der Waals surface area contributed by atoms with Crippen molar-refractivity contribution in [2.24, 2.45) is 11.1 Å². The van der Waals surface area contributed by atoms with Crippen molar-refractivity contribution in [2.45, 2.75) is 57.1 Å². The minimum Gasteiger partial charge on any atom is -0.384 e. The maximum Gasteiger partial charge on any atom is 0.162 e. The highest BCUT2D eigenvalue weighted by Gasteiger charge is 2.45. The summed E-state index contributed by atoms with van der Waals surface area (Å²) in [5, 5.41) is 11.2. The first-order valence-corrected chi connectivity index (χ1v) is 15.4. The van der Waals surface area contributed by atoms with Gasteiger partial charge in [-0.25, -0.2) is 0 Å². The van der Waals surface area contributed by atoms with Gasteiger partial charge < -0.3 is 5.73 Å². The Labute approximate surface area is 254 Å². The molecule has 0 aromatic heterocycles. The van der Waals surface area contributed by atoms with Gasteiger partial charge in [0.15, 0.2) is 5.78 Å². The lowest BCUT2D eigenvalue weighted by Crippen LogP contribution is -2.42. The molecule has 204 valence electrons. The zero-order valence-corrected chi connectivity index (χ0v) is 26.2. The third-order valence-corrected chi connectivity index (χ3v) is 9.68. The predicted molar refractivity (Wildman–Crippen MR) is 168 cm³/mol. The van der Waals surface area contributed by atoms with E-state index in [9.17, 15) is 10.1 Å². The topological polar surface area (TPSA) is 70.1 Å². The van der Waals surface area contributed by atoms with Crippen molar-refractivity contribution in [2.75, 3.05) is 4.90 Å². The molecule has 0 saturated heterocycles. The molecule has 0 radical (unpaired) electrons. The van der Waals surface area contributed by atoms with Crippen LogP contribution < -0.4 is 10.6 Å². The van der Waals surface area contributed by atoms with Crippen LogP contribution in [0.5, 0.6) is 0 Å². The second-order valence-electron chi connectivity index (χ2n) is 11.3. The van der Waals surface area contributed by atoms with Crippen molar-refractivity contribution < 1.29 is 4.79 Å². The Morgan fingerprint density at radius 2 is 1.82 bits per heavy atom. The van der Waals surface area contributed by atoms with Gasteiger partial charge in [-0.05, 0) is 94.7 Å². The number of allylic oxidation sites excluding steroid dienone is 3. The highest BCUT2D eigenvalue weighted by Crippen LogP contribution is 2.51. The fourth-order valence-electron chi connectivity index (χ4n) is 5.83. The number of rotatable bonds is 5. The molecule has 2 N–H and O–H groups in total. The number of carbonyl (C=O) groups excluding carboxylic acids is 1. The second kappa shape index (κ2) is 11.1. The molecule has 0 saturated carbocycles. The van der Waals surface area contributed by atoms with Crippen molar-refractivity contribution in [1.29, 1.82) is 5.26 Å². The van der Waals surface area contributed by atoms with Gasteiger partial charge in [-0.15, -0.1) is 11.8 Å². The SMILES string of the molecule is Cc1cc(CSc2ccc(Cl)cc2)c(C)c(C2C(C#N)=C(N)N(c3ccccc3Br)C3=C2C(=O)CC(C)(C)C3)c1. The van der Waals surface area contributed by atoms with Crippen LogP contribution in [0.3, 0.4) is 0 Å². The van der Waals surface area contributed by atoms with Gasteiger partial charge in [0.05, 0.1) is 23.2 Å². The van der Waals surface area contributed by atoms with Crippen molar-refractivity contribution in [3.63, 3.8) is 0 Å². The lowest BCUT2D eigenvalue weighted by atomic mass is 9.68. The first-order valence-electron chi connectivity index (χ1n) is 13.2. The number of nitrogens with zero attached hydrogens (tertiary/aromatic N) is 2. The van der Waals surface area contributed by atoms with Crippen LogP contribution in [-0.2, 0) is 10.5 Å². The van der Waals surface area contributed by atoms with Gasteiger partial charge in [-0.2, -0.15) is 5.26 Å². The summed E-state index contributed by atoms with van der Waals surface area (Å²) in [6.45, 7) is 8.39. The minimum absolute atomic E-state index is 0.0755. The molecule has 0 bridgehead atoms. The Hall–Kier alpha value is -2.98. The average molecular weight is 633 g/mol. The van der Waals surface area contributed by atoms with Gasteiger partial charge in [-0.3, -0.25) is 9.69 Å². The van der Waals surface area contributed by atoms with E-state index in [1.165, 1.54) is 5.56 Å². The van der Waals surface area contributed by atoms with Crippen molar-refractivity contribution in [1.82, 2.24) is 0 Å². The Balaban J connectivity index is 1.67. The van der Waals surface area contributed by atoms with Crippen molar-refractivity contribution in [3.05, 3.63) is 115 Å². The maximum atomic E-state index is 14.0. The van der Waals surface area contributed by atoms with E-state index < -0.39 is 5.92 Å². The molecule has 0 amide bonds. The lowest BCUT2D eigenvalue weighted by Gasteiger charge is -2.44. The summed E-state index contributed by atoms with van der Waals surface area (Å²) in [4.78, 5) is 17.0. The van der Waals surface area contributed by atoms with Crippen LogP contribution in [0.15, 0.2) is 92.7 Å². The van der Waals surface area contributed by atoms with E-state index in [0.29, 0.717) is 34.8 Å². The van der Waals surface area contributed by atoms with Crippen LogP contribution in [0.25, 0.3) is 0 Å². The van der Waals surface area contributed by atoms with Crippen LogP contribution in [0.1, 0.15) is 54.9 Å². The summed E-state index contributed by atoms with van der Waals surface area (Å²) in [6, 6.07) is 22.4. The zero-order valence-electron chi connectivity index (χ0n) is 23.0. The fraction of sp³-hybridized carbons (Fsp3) is 0.273. The molecule has 3 aromatic carbocycles. The van der Waals surface area contributed by atoms with Crippen LogP contribution in [0, 0.1) is 30.6 Å². The highest BCUT2D eigenvalue weighted by atomic mass is 79.9. The number of carbonyl (C=O) groups is 1. The van der Waals surface area contributed by atoms with Gasteiger partial charge in [0, 0.05) is 37.8 Å². The number of hydrogen-bond acceptors (Lipinski definition) is 5. The minimum atomic E-state index is -0.512. The number of aryl methyl sites for hydroxylation is 1. The van der Waals surface area contributed by atoms with Gasteiger partial charge >= 0.3 is 0 Å². The predicted octanol–water partition coefficient (Wildman–Crippen LogP) is 8.95. The third-order valence-electron chi connectivity index (χ3n) is 7.69. The van der Waals surface area contributed by atoms with E-state index in [2.05, 4.69) is 61.8 Å². The van der Waals surface area contributed by atoms with Gasteiger partial charge in [0.2, 0.25) is 0 Å². The molecule has 5 rings (SSSR count). The first-order chi connectivity index (χ1) is 19.0. The quantitative estimate of drug-likeness (QED) is 0.284. The van der Waals surface area contributed by atoms with Crippen LogP contribution >= 0.6 is 39.3 Å². The molecular formula is C33H31BrClN3OS. The summed E-state index contributed by atoms with van der Waals surface area (Å²) in [6.07, 6.45) is 1.10. The number of para-hydroxylation sites is 1. The molecule has 0 fully saturated rings. The number of halogens is 2. The molecule has 1 aliphatic carbocycles. The summed E-state index contributed by atoms with van der Waals surface area (Å²) >= 11 is 11.5. The zero-order chi connectivity index (χ0) is 28.8. The number of nitriles is 1. The molecule has 3 aromatic rings. The maximum absolute atomic E-state index is 14.0. The summed E-state index contributed by atoms with van der Waals surface area (Å²) < 4.78 is 0.851. The monoisotopic (exact) mass is 631 g/mol. The average Bonchev–Trinajstić information content (AvgIpc) is 2.89. The number of Topliss-reactive ketones (excluding diaryl/α,β-unsaturated/α-hetero) is 1. The number of benzene rings is 3.